The van der Waals surface area contributed by atoms with Crippen LogP contribution >= 0.6 is 0 Å². The highest BCUT2D eigenvalue weighted by atomic mass is 16.2. The summed E-state index contributed by atoms with van der Waals surface area (Å²) in [7, 11) is 2.10. The van der Waals surface area contributed by atoms with Crippen LogP contribution in [0.1, 0.15) is 38.2 Å². The van der Waals surface area contributed by atoms with Gasteiger partial charge in [-0.15, -0.1) is 0 Å². The van der Waals surface area contributed by atoms with Crippen molar-refractivity contribution in [1.29, 1.82) is 0 Å². The number of benzene rings is 2. The van der Waals surface area contributed by atoms with Crippen molar-refractivity contribution in [2.75, 3.05) is 13.6 Å². The second kappa shape index (κ2) is 7.80. The Morgan fingerprint density at radius 3 is 2.67 bits per heavy atom. The summed E-state index contributed by atoms with van der Waals surface area (Å²) in [6.45, 7) is 3.67. The monoisotopic (exact) mass is 325 g/mol. The zero-order valence-corrected chi connectivity index (χ0v) is 14.8. The molecule has 2 aromatic rings. The summed E-state index contributed by atoms with van der Waals surface area (Å²) < 4.78 is 0. The van der Waals surface area contributed by atoms with Gasteiger partial charge in [0.2, 0.25) is 0 Å². The lowest BCUT2D eigenvalue weighted by Gasteiger charge is -2.29. The smallest absolute Gasteiger partial charge is 0.275 e. The predicted molar refractivity (Wildman–Crippen MR) is 99.0 cm³/mol. The third-order valence-electron chi connectivity index (χ3n) is 5.24. The highest BCUT2D eigenvalue weighted by molar-refractivity contribution is 5.83. The molecule has 0 saturated heterocycles. The third kappa shape index (κ3) is 4.35. The molecule has 2 aromatic carbocycles. The molecule has 3 atom stereocenters. The van der Waals surface area contributed by atoms with Crippen molar-refractivity contribution in [1.82, 2.24) is 5.32 Å². The van der Waals surface area contributed by atoms with Gasteiger partial charge < -0.3 is 10.2 Å². The Morgan fingerprint density at radius 2 is 1.88 bits per heavy atom. The third-order valence-corrected chi connectivity index (χ3v) is 5.24. The lowest BCUT2D eigenvalue weighted by molar-refractivity contribution is -0.885. The molecule has 1 unspecified atom stereocenters. The topological polar surface area (TPSA) is 33.5 Å². The molecule has 24 heavy (non-hydrogen) atoms. The summed E-state index contributed by atoms with van der Waals surface area (Å²) in [5.41, 5.74) is 1.28. The minimum absolute atomic E-state index is 0.187. The van der Waals surface area contributed by atoms with Crippen molar-refractivity contribution in [3.05, 3.63) is 48.0 Å². The van der Waals surface area contributed by atoms with Crippen LogP contribution in [0.4, 0.5) is 0 Å². The van der Waals surface area contributed by atoms with Gasteiger partial charge in [-0.25, -0.2) is 0 Å². The molecule has 0 heterocycles. The Morgan fingerprint density at radius 1 is 1.12 bits per heavy atom. The summed E-state index contributed by atoms with van der Waals surface area (Å²) in [4.78, 5) is 13.6. The van der Waals surface area contributed by atoms with Gasteiger partial charge in [-0.2, -0.15) is 0 Å². The van der Waals surface area contributed by atoms with Crippen LogP contribution in [0.25, 0.3) is 10.8 Å². The molecule has 0 aromatic heterocycles. The first kappa shape index (κ1) is 17.0. The van der Waals surface area contributed by atoms with Crippen molar-refractivity contribution >= 4 is 16.7 Å². The molecule has 0 aliphatic heterocycles. The molecule has 0 radical (unpaired) electrons. The van der Waals surface area contributed by atoms with Crippen molar-refractivity contribution in [2.45, 2.75) is 45.2 Å². The van der Waals surface area contributed by atoms with Crippen molar-refractivity contribution in [2.24, 2.45) is 5.92 Å². The molecule has 3 nitrogen and oxygen atoms in total. The highest BCUT2D eigenvalue weighted by Gasteiger charge is 2.23. The van der Waals surface area contributed by atoms with Crippen LogP contribution in [0.3, 0.4) is 0 Å². The number of quaternary nitrogens is 1. The maximum atomic E-state index is 12.3. The fourth-order valence-electron chi connectivity index (χ4n) is 3.82. The van der Waals surface area contributed by atoms with E-state index in [2.05, 4.69) is 61.8 Å². The number of hydrogen-bond acceptors (Lipinski definition) is 1. The first-order valence-electron chi connectivity index (χ1n) is 9.20. The van der Waals surface area contributed by atoms with E-state index in [1.165, 1.54) is 40.5 Å². The molecule has 2 N–H and O–H groups in total. The number of hydrogen-bond donors (Lipinski definition) is 2. The number of nitrogens with one attached hydrogen (secondary N) is 2. The molecule has 1 fully saturated rings. The van der Waals surface area contributed by atoms with Gasteiger partial charge >= 0.3 is 0 Å². The molecule has 0 spiro atoms. The molecule has 3 heteroatoms. The van der Waals surface area contributed by atoms with E-state index >= 15 is 0 Å². The molecular weight excluding hydrogens is 296 g/mol. The Hall–Kier alpha value is -1.87. The number of likely N-dealkylation sites (N-methyl/N-ethyl adjacent to an activating group) is 1. The Kier molecular flexibility index (Phi) is 5.52. The summed E-state index contributed by atoms with van der Waals surface area (Å²) >= 11 is 0. The van der Waals surface area contributed by atoms with Crippen molar-refractivity contribution in [3.63, 3.8) is 0 Å². The molecule has 1 saturated carbocycles. The quantitative estimate of drug-likeness (QED) is 0.870. The van der Waals surface area contributed by atoms with Gasteiger partial charge in [0.05, 0.1) is 7.05 Å². The highest BCUT2D eigenvalue weighted by Crippen LogP contribution is 2.23. The van der Waals surface area contributed by atoms with E-state index in [0.717, 1.165) is 13.0 Å². The molecule has 3 rings (SSSR count). The second-order valence-corrected chi connectivity index (χ2v) is 7.43. The predicted octanol–water partition coefficient (Wildman–Crippen LogP) is 2.55. The Labute approximate surface area is 145 Å². The summed E-state index contributed by atoms with van der Waals surface area (Å²) in [6, 6.07) is 15.4. The molecule has 1 amide bonds. The standard InChI is InChI=1S/C21H28N2O/c1-16-7-3-6-10-20(16)22-21(24)15-23(2)14-17-11-12-18-8-4-5-9-19(18)13-17/h4-5,8-9,11-13,16,20H,3,6-7,10,14-15H2,1-2H3,(H,22,24)/p+1/t16-,20+/m1/s1. The summed E-state index contributed by atoms with van der Waals surface area (Å²) in [5, 5.41) is 5.79. The van der Waals surface area contributed by atoms with E-state index in [0.29, 0.717) is 18.5 Å². The fraction of sp³-hybridized carbons (Fsp3) is 0.476. The van der Waals surface area contributed by atoms with E-state index in [1.54, 1.807) is 0 Å². The van der Waals surface area contributed by atoms with Crippen LogP contribution < -0.4 is 10.2 Å². The molecule has 1 aliphatic rings. The van der Waals surface area contributed by atoms with E-state index in [9.17, 15) is 4.79 Å². The largest absolute Gasteiger partial charge is 0.348 e. The number of rotatable bonds is 5. The molecular formula is C21H29N2O+. The lowest BCUT2D eigenvalue weighted by Crippen LogP contribution is -3.09. The Balaban J connectivity index is 1.54. The van der Waals surface area contributed by atoms with Gasteiger partial charge in [0.25, 0.3) is 5.91 Å². The maximum Gasteiger partial charge on any atom is 0.275 e. The van der Waals surface area contributed by atoms with Gasteiger partial charge in [0.15, 0.2) is 6.54 Å². The van der Waals surface area contributed by atoms with Gasteiger partial charge in [-0.05, 0) is 35.6 Å². The van der Waals surface area contributed by atoms with Gasteiger partial charge in [-0.3, -0.25) is 4.79 Å². The van der Waals surface area contributed by atoms with Crippen molar-refractivity contribution < 1.29 is 9.69 Å². The second-order valence-electron chi connectivity index (χ2n) is 7.43. The first-order chi connectivity index (χ1) is 11.6. The van der Waals surface area contributed by atoms with Crippen LogP contribution in [0.2, 0.25) is 0 Å². The van der Waals surface area contributed by atoms with E-state index in [4.69, 9.17) is 0 Å². The normalized spacial score (nSPS) is 22.2. The lowest BCUT2D eigenvalue weighted by atomic mass is 9.86. The first-order valence-corrected chi connectivity index (χ1v) is 9.20. The number of carbonyl (C=O) groups excluding carboxylic acids is 1. The Bertz CT molecular complexity index is 697. The van der Waals surface area contributed by atoms with Crippen LogP contribution in [0, 0.1) is 5.92 Å². The fourth-order valence-corrected chi connectivity index (χ4v) is 3.82. The van der Waals surface area contributed by atoms with Crippen LogP contribution in [-0.2, 0) is 11.3 Å². The number of amides is 1. The minimum Gasteiger partial charge on any atom is -0.348 e. The zero-order chi connectivity index (χ0) is 16.9. The molecule has 128 valence electrons. The maximum absolute atomic E-state index is 12.3. The molecule has 0 bridgehead atoms. The number of carbonyl (C=O) groups is 1. The average Bonchev–Trinajstić information content (AvgIpc) is 2.56. The number of fused-ring (bicyclic) bond motifs is 1. The van der Waals surface area contributed by atoms with Crippen LogP contribution in [0.5, 0.6) is 0 Å². The van der Waals surface area contributed by atoms with Gasteiger partial charge in [0.1, 0.15) is 6.54 Å². The van der Waals surface area contributed by atoms with Crippen LogP contribution in [-0.4, -0.2) is 25.5 Å². The van der Waals surface area contributed by atoms with Gasteiger partial charge in [-0.1, -0.05) is 56.2 Å². The van der Waals surface area contributed by atoms with E-state index in [1.807, 2.05) is 0 Å². The summed E-state index contributed by atoms with van der Waals surface area (Å²) in [6.07, 6.45) is 4.93. The van der Waals surface area contributed by atoms with E-state index < -0.39 is 0 Å². The zero-order valence-electron chi connectivity index (χ0n) is 14.8. The van der Waals surface area contributed by atoms with E-state index in [-0.39, 0.29) is 5.91 Å². The minimum atomic E-state index is 0.187. The van der Waals surface area contributed by atoms with Crippen molar-refractivity contribution in [3.8, 4) is 0 Å². The van der Waals surface area contributed by atoms with Gasteiger partial charge in [0, 0.05) is 11.6 Å². The summed E-state index contributed by atoms with van der Waals surface area (Å²) in [5.74, 6) is 0.801. The SMILES string of the molecule is C[C@@H]1CCCC[C@@H]1NC(=O)C[NH+](C)Cc1ccc2ccccc2c1. The molecule has 1 aliphatic carbocycles. The average molecular weight is 325 g/mol. The van der Waals surface area contributed by atoms with Crippen LogP contribution in [0.15, 0.2) is 42.5 Å².